The highest BCUT2D eigenvalue weighted by Crippen LogP contribution is 2.17. The third-order valence-corrected chi connectivity index (χ3v) is 4.18. The molecule has 0 spiro atoms. The predicted molar refractivity (Wildman–Crippen MR) is 99.8 cm³/mol. The lowest BCUT2D eigenvalue weighted by atomic mass is 10.1. The number of aromatic nitrogens is 2. The fourth-order valence-electron chi connectivity index (χ4n) is 2.99. The van der Waals surface area contributed by atoms with E-state index in [-0.39, 0.29) is 24.1 Å². The zero-order valence-electron chi connectivity index (χ0n) is 14.6. The second-order valence-corrected chi connectivity index (χ2v) is 6.34. The van der Waals surface area contributed by atoms with Crippen molar-refractivity contribution in [2.24, 2.45) is 0 Å². The van der Waals surface area contributed by atoms with E-state index in [0.29, 0.717) is 10.9 Å². The molecule has 1 amide bonds. The molecular weight excluding hydrogens is 314 g/mol. The molecule has 0 fully saturated rings. The van der Waals surface area contributed by atoms with Crippen LogP contribution in [0.25, 0.3) is 10.9 Å². The lowest BCUT2D eigenvalue weighted by Gasteiger charge is -2.27. The number of hydrogen-bond acceptors (Lipinski definition) is 3. The zero-order chi connectivity index (χ0) is 18.0. The second-order valence-electron chi connectivity index (χ2n) is 6.34. The number of anilines is 1. The van der Waals surface area contributed by atoms with Crippen molar-refractivity contribution >= 4 is 22.5 Å². The number of amides is 1. The Kier molecular flexibility index (Phi) is 4.65. The number of nitrogens with zero attached hydrogens (tertiary/aromatic N) is 3. The smallest absolute Gasteiger partial charge is 0.261 e. The van der Waals surface area contributed by atoms with E-state index in [9.17, 15) is 9.59 Å². The van der Waals surface area contributed by atoms with Crippen molar-refractivity contribution in [3.8, 4) is 0 Å². The molecule has 5 heteroatoms. The molecule has 25 heavy (non-hydrogen) atoms. The molecule has 2 aromatic carbocycles. The summed E-state index contributed by atoms with van der Waals surface area (Å²) in [7, 11) is 0. The molecule has 1 heterocycles. The molecule has 0 saturated heterocycles. The van der Waals surface area contributed by atoms with Gasteiger partial charge in [-0.1, -0.05) is 30.3 Å². The van der Waals surface area contributed by atoms with E-state index >= 15 is 0 Å². The Hall–Kier alpha value is -2.95. The summed E-state index contributed by atoms with van der Waals surface area (Å²) in [5.74, 6) is -0.142. The van der Waals surface area contributed by atoms with Crippen molar-refractivity contribution in [2.75, 3.05) is 4.90 Å². The van der Waals surface area contributed by atoms with Crippen LogP contribution in [-0.4, -0.2) is 21.5 Å². The first kappa shape index (κ1) is 16.9. The van der Waals surface area contributed by atoms with Crippen LogP contribution in [0.2, 0.25) is 0 Å². The Labute approximate surface area is 146 Å². The third-order valence-electron chi connectivity index (χ3n) is 4.18. The van der Waals surface area contributed by atoms with Crippen LogP contribution in [0.15, 0.2) is 59.7 Å². The Morgan fingerprint density at radius 1 is 1.12 bits per heavy atom. The maximum absolute atomic E-state index is 12.8. The molecule has 1 aromatic heterocycles. The van der Waals surface area contributed by atoms with Gasteiger partial charge in [-0.05, 0) is 44.5 Å². The first-order valence-electron chi connectivity index (χ1n) is 8.31. The van der Waals surface area contributed by atoms with Gasteiger partial charge in [0.1, 0.15) is 6.54 Å². The van der Waals surface area contributed by atoms with Gasteiger partial charge >= 0.3 is 0 Å². The van der Waals surface area contributed by atoms with Crippen LogP contribution in [0.3, 0.4) is 0 Å². The Bertz CT molecular complexity index is 962. The van der Waals surface area contributed by atoms with Gasteiger partial charge in [-0.25, -0.2) is 4.98 Å². The van der Waals surface area contributed by atoms with Crippen LogP contribution < -0.4 is 10.5 Å². The van der Waals surface area contributed by atoms with E-state index in [1.165, 1.54) is 10.9 Å². The summed E-state index contributed by atoms with van der Waals surface area (Å²) in [5, 5.41) is 0.533. The quantitative estimate of drug-likeness (QED) is 0.736. The molecule has 0 aliphatic carbocycles. The van der Waals surface area contributed by atoms with Gasteiger partial charge in [-0.15, -0.1) is 0 Å². The third kappa shape index (κ3) is 3.31. The molecule has 0 radical (unpaired) electrons. The maximum Gasteiger partial charge on any atom is 0.261 e. The van der Waals surface area contributed by atoms with E-state index in [4.69, 9.17) is 0 Å². The summed E-state index contributed by atoms with van der Waals surface area (Å²) in [6.45, 7) is 5.79. The lowest BCUT2D eigenvalue weighted by molar-refractivity contribution is -0.119. The number of hydrogen-bond donors (Lipinski definition) is 0. The number of rotatable bonds is 4. The molecular formula is C20H21N3O2. The molecule has 128 valence electrons. The average Bonchev–Trinajstić information content (AvgIpc) is 2.59. The summed E-state index contributed by atoms with van der Waals surface area (Å²) in [6.07, 6.45) is 1.46. The Balaban J connectivity index is 1.96. The van der Waals surface area contributed by atoms with Gasteiger partial charge in [-0.2, -0.15) is 0 Å². The second kappa shape index (κ2) is 6.89. The van der Waals surface area contributed by atoms with Crippen molar-refractivity contribution in [1.82, 2.24) is 9.55 Å². The topological polar surface area (TPSA) is 55.2 Å². The molecule has 0 aliphatic heterocycles. The summed E-state index contributed by atoms with van der Waals surface area (Å²) in [6, 6.07) is 15.0. The SMILES string of the molecule is Cc1cccc2c(=O)n(CC(=O)N(c3ccccc3)C(C)C)cnc12. The van der Waals surface area contributed by atoms with Gasteiger partial charge in [0.2, 0.25) is 5.91 Å². The van der Waals surface area contributed by atoms with Crippen molar-refractivity contribution < 1.29 is 4.79 Å². The van der Waals surface area contributed by atoms with Crippen LogP contribution in [0, 0.1) is 6.92 Å². The van der Waals surface area contributed by atoms with E-state index in [1.54, 1.807) is 11.0 Å². The molecule has 3 rings (SSSR count). The van der Waals surface area contributed by atoms with Gasteiger partial charge in [0.05, 0.1) is 17.2 Å². The molecule has 0 aliphatic rings. The van der Waals surface area contributed by atoms with Gasteiger partial charge in [0.25, 0.3) is 5.56 Å². The highest BCUT2D eigenvalue weighted by atomic mass is 16.2. The first-order valence-corrected chi connectivity index (χ1v) is 8.31. The molecule has 0 atom stereocenters. The standard InChI is InChI=1S/C20H21N3O2/c1-14(2)23(16-9-5-4-6-10-16)18(24)12-22-13-21-19-15(3)8-7-11-17(19)20(22)25/h4-11,13-14H,12H2,1-3H3. The van der Waals surface area contributed by atoms with E-state index < -0.39 is 0 Å². The number of carbonyl (C=O) groups excluding carboxylic acids is 1. The highest BCUT2D eigenvalue weighted by Gasteiger charge is 2.20. The van der Waals surface area contributed by atoms with Gasteiger partial charge < -0.3 is 4.90 Å². The average molecular weight is 335 g/mol. The summed E-state index contributed by atoms with van der Waals surface area (Å²) >= 11 is 0. The van der Waals surface area contributed by atoms with Gasteiger partial charge in [0.15, 0.2) is 0 Å². The lowest BCUT2D eigenvalue weighted by Crippen LogP contribution is -2.41. The summed E-state index contributed by atoms with van der Waals surface area (Å²) in [5.41, 5.74) is 2.25. The molecule has 5 nitrogen and oxygen atoms in total. The predicted octanol–water partition coefficient (Wildman–Crippen LogP) is 3.15. The van der Waals surface area contributed by atoms with Crippen LogP contribution in [0.5, 0.6) is 0 Å². The molecule has 3 aromatic rings. The first-order chi connectivity index (χ1) is 12.0. The van der Waals surface area contributed by atoms with Crippen molar-refractivity contribution in [3.63, 3.8) is 0 Å². The van der Waals surface area contributed by atoms with Gasteiger partial charge in [0, 0.05) is 11.7 Å². The van der Waals surface area contributed by atoms with Gasteiger partial charge in [-0.3, -0.25) is 14.2 Å². The minimum absolute atomic E-state index is 0.0127. The Morgan fingerprint density at radius 3 is 2.52 bits per heavy atom. The monoisotopic (exact) mass is 335 g/mol. The molecule has 0 unspecified atom stereocenters. The number of aryl methyl sites for hydroxylation is 1. The van der Waals surface area contributed by atoms with E-state index in [2.05, 4.69) is 4.98 Å². The van der Waals surface area contributed by atoms with Crippen molar-refractivity contribution in [1.29, 1.82) is 0 Å². The molecule has 0 bridgehead atoms. The largest absolute Gasteiger partial charge is 0.308 e. The number of benzene rings is 2. The fraction of sp³-hybridized carbons (Fsp3) is 0.250. The molecule has 0 N–H and O–H groups in total. The fourth-order valence-corrected chi connectivity index (χ4v) is 2.99. The van der Waals surface area contributed by atoms with Crippen LogP contribution in [0.4, 0.5) is 5.69 Å². The summed E-state index contributed by atoms with van der Waals surface area (Å²) in [4.78, 5) is 31.6. The number of carbonyl (C=O) groups is 1. The normalized spacial score (nSPS) is 11.0. The number of para-hydroxylation sites is 2. The zero-order valence-corrected chi connectivity index (χ0v) is 14.6. The van der Waals surface area contributed by atoms with Crippen LogP contribution in [0.1, 0.15) is 19.4 Å². The van der Waals surface area contributed by atoms with E-state index in [0.717, 1.165) is 11.3 Å². The maximum atomic E-state index is 12.8. The van der Waals surface area contributed by atoms with E-state index in [1.807, 2.05) is 63.2 Å². The van der Waals surface area contributed by atoms with Crippen LogP contribution >= 0.6 is 0 Å². The summed E-state index contributed by atoms with van der Waals surface area (Å²) < 4.78 is 1.38. The van der Waals surface area contributed by atoms with Crippen LogP contribution in [-0.2, 0) is 11.3 Å². The minimum atomic E-state index is -0.196. The van der Waals surface area contributed by atoms with Crippen molar-refractivity contribution in [2.45, 2.75) is 33.4 Å². The van der Waals surface area contributed by atoms with Crippen molar-refractivity contribution in [3.05, 3.63) is 70.8 Å². The molecule has 0 saturated carbocycles. The number of fused-ring (bicyclic) bond motifs is 1. The Morgan fingerprint density at radius 2 is 1.84 bits per heavy atom. The minimum Gasteiger partial charge on any atom is -0.308 e. The highest BCUT2D eigenvalue weighted by molar-refractivity contribution is 5.93.